The van der Waals surface area contributed by atoms with Crippen molar-refractivity contribution in [2.75, 3.05) is 6.61 Å². The van der Waals surface area contributed by atoms with Gasteiger partial charge in [-0.25, -0.2) is 0 Å². The highest BCUT2D eigenvalue weighted by atomic mass is 16.5. The molecule has 0 radical (unpaired) electrons. The molecule has 1 aliphatic heterocycles. The Balaban J connectivity index is 1.51. The van der Waals surface area contributed by atoms with Crippen molar-refractivity contribution < 1.29 is 4.74 Å². The lowest BCUT2D eigenvalue weighted by atomic mass is 9.77. The molecule has 0 amide bonds. The Hall–Kier alpha value is -0.0800. The molecule has 3 aliphatic rings. The van der Waals surface area contributed by atoms with E-state index in [0.29, 0.717) is 12.1 Å². The van der Waals surface area contributed by atoms with Crippen molar-refractivity contribution in [3.05, 3.63) is 0 Å². The average molecular weight is 279 g/mol. The Bertz CT molecular complexity index is 286. The highest BCUT2D eigenvalue weighted by Gasteiger charge is 2.39. The lowest BCUT2D eigenvalue weighted by molar-refractivity contribution is -0.110. The van der Waals surface area contributed by atoms with Crippen LogP contribution >= 0.6 is 0 Å². The maximum atomic E-state index is 6.22. The van der Waals surface area contributed by atoms with Gasteiger partial charge >= 0.3 is 0 Å². The molecule has 2 atom stereocenters. The third-order valence-electron chi connectivity index (χ3n) is 6.11. The molecule has 2 saturated carbocycles. The molecule has 1 heterocycles. The molecule has 3 fully saturated rings. The van der Waals surface area contributed by atoms with Gasteiger partial charge in [-0.15, -0.1) is 0 Å². The van der Waals surface area contributed by atoms with Gasteiger partial charge in [0.15, 0.2) is 0 Å². The summed E-state index contributed by atoms with van der Waals surface area (Å²) in [5.74, 6) is 0.925. The van der Waals surface area contributed by atoms with E-state index in [1.54, 1.807) is 0 Å². The van der Waals surface area contributed by atoms with Gasteiger partial charge in [0, 0.05) is 18.7 Å². The maximum absolute atomic E-state index is 6.22. The van der Waals surface area contributed by atoms with Crippen LogP contribution in [-0.4, -0.2) is 24.3 Å². The summed E-state index contributed by atoms with van der Waals surface area (Å²) in [7, 11) is 0. The van der Waals surface area contributed by atoms with E-state index in [1.807, 2.05) is 0 Å². The van der Waals surface area contributed by atoms with Gasteiger partial charge in [-0.2, -0.15) is 0 Å². The van der Waals surface area contributed by atoms with Gasteiger partial charge in [-0.1, -0.05) is 38.5 Å². The van der Waals surface area contributed by atoms with Crippen molar-refractivity contribution in [1.82, 2.24) is 5.32 Å². The zero-order chi connectivity index (χ0) is 13.8. The van der Waals surface area contributed by atoms with E-state index in [9.17, 15) is 0 Å². The second-order valence-electron chi connectivity index (χ2n) is 7.64. The van der Waals surface area contributed by atoms with E-state index < -0.39 is 0 Å². The fourth-order valence-electron chi connectivity index (χ4n) is 4.86. The summed E-state index contributed by atoms with van der Waals surface area (Å²) in [4.78, 5) is 0. The summed E-state index contributed by atoms with van der Waals surface area (Å²) in [5.41, 5.74) is 0.250. The first-order chi connectivity index (χ1) is 9.77. The molecule has 1 N–H and O–H groups in total. The van der Waals surface area contributed by atoms with E-state index in [-0.39, 0.29) is 5.60 Å². The molecular weight excluding hydrogens is 246 g/mol. The van der Waals surface area contributed by atoms with Crippen LogP contribution in [0.2, 0.25) is 0 Å². The summed E-state index contributed by atoms with van der Waals surface area (Å²) in [6.45, 7) is 3.41. The molecule has 20 heavy (non-hydrogen) atoms. The summed E-state index contributed by atoms with van der Waals surface area (Å²) < 4.78 is 6.22. The first-order valence-electron chi connectivity index (χ1n) is 9.17. The van der Waals surface area contributed by atoms with Crippen molar-refractivity contribution in [3.8, 4) is 0 Å². The summed E-state index contributed by atoms with van der Waals surface area (Å²) in [6.07, 6.45) is 16.5. The number of hydrogen-bond acceptors (Lipinski definition) is 2. The molecular formula is C18H33NO. The highest BCUT2D eigenvalue weighted by molar-refractivity contribution is 4.93. The Morgan fingerprint density at radius 2 is 1.65 bits per heavy atom. The quantitative estimate of drug-likeness (QED) is 0.825. The minimum Gasteiger partial charge on any atom is -0.375 e. The van der Waals surface area contributed by atoms with Gasteiger partial charge in [0.1, 0.15) is 0 Å². The molecule has 2 unspecified atom stereocenters. The first-order valence-corrected chi connectivity index (χ1v) is 9.17. The molecule has 1 spiro atoms. The van der Waals surface area contributed by atoms with Crippen LogP contribution < -0.4 is 5.32 Å². The Labute approximate surface area is 125 Å². The second kappa shape index (κ2) is 6.79. The van der Waals surface area contributed by atoms with Crippen LogP contribution in [0.3, 0.4) is 0 Å². The van der Waals surface area contributed by atoms with E-state index in [2.05, 4.69) is 12.2 Å². The number of rotatable bonds is 3. The van der Waals surface area contributed by atoms with E-state index in [0.717, 1.165) is 12.5 Å². The molecule has 0 aromatic heterocycles. The topological polar surface area (TPSA) is 21.3 Å². The van der Waals surface area contributed by atoms with Crippen molar-refractivity contribution in [3.63, 3.8) is 0 Å². The lowest BCUT2D eigenvalue weighted by Crippen LogP contribution is -2.51. The SMILES string of the molecule is CC(NC1CCOC2(CCCCC2)C1)C1CCCCC1. The summed E-state index contributed by atoms with van der Waals surface area (Å²) >= 11 is 0. The smallest absolute Gasteiger partial charge is 0.0697 e. The molecule has 0 aromatic carbocycles. The summed E-state index contributed by atoms with van der Waals surface area (Å²) in [6, 6.07) is 1.41. The molecule has 2 nitrogen and oxygen atoms in total. The summed E-state index contributed by atoms with van der Waals surface area (Å²) in [5, 5.41) is 3.98. The second-order valence-corrected chi connectivity index (χ2v) is 7.64. The van der Waals surface area contributed by atoms with Gasteiger partial charge in [-0.3, -0.25) is 0 Å². The van der Waals surface area contributed by atoms with Crippen LogP contribution in [0.1, 0.15) is 84.0 Å². The molecule has 0 bridgehead atoms. The lowest BCUT2D eigenvalue weighted by Gasteiger charge is -2.45. The zero-order valence-corrected chi connectivity index (χ0v) is 13.3. The van der Waals surface area contributed by atoms with Crippen LogP contribution in [-0.2, 0) is 4.74 Å². The van der Waals surface area contributed by atoms with Gasteiger partial charge in [-0.05, 0) is 51.4 Å². The van der Waals surface area contributed by atoms with Gasteiger partial charge in [0.05, 0.1) is 5.60 Å². The number of nitrogens with one attached hydrogen (secondary N) is 1. The van der Waals surface area contributed by atoms with E-state index in [1.165, 1.54) is 77.0 Å². The standard InChI is InChI=1S/C18H33NO/c1-15(16-8-4-2-5-9-16)19-17-10-13-20-18(14-17)11-6-3-7-12-18/h15-17,19H,2-14H2,1H3. The average Bonchev–Trinajstić information content (AvgIpc) is 2.49. The van der Waals surface area contributed by atoms with E-state index in [4.69, 9.17) is 4.74 Å². The van der Waals surface area contributed by atoms with Crippen molar-refractivity contribution in [2.24, 2.45) is 5.92 Å². The van der Waals surface area contributed by atoms with Crippen molar-refractivity contribution in [2.45, 2.75) is 102 Å². The molecule has 1 saturated heterocycles. The molecule has 116 valence electrons. The predicted molar refractivity (Wildman–Crippen MR) is 84.0 cm³/mol. The van der Waals surface area contributed by atoms with Crippen molar-refractivity contribution in [1.29, 1.82) is 0 Å². The third-order valence-corrected chi connectivity index (χ3v) is 6.11. The normalized spacial score (nSPS) is 33.1. The van der Waals surface area contributed by atoms with Gasteiger partial charge in [0.2, 0.25) is 0 Å². The van der Waals surface area contributed by atoms with Crippen LogP contribution in [0.5, 0.6) is 0 Å². The van der Waals surface area contributed by atoms with Crippen LogP contribution in [0.25, 0.3) is 0 Å². The zero-order valence-electron chi connectivity index (χ0n) is 13.3. The van der Waals surface area contributed by atoms with Crippen LogP contribution in [0, 0.1) is 5.92 Å². The Morgan fingerprint density at radius 3 is 2.40 bits per heavy atom. The fraction of sp³-hybridized carbons (Fsp3) is 1.00. The first kappa shape index (κ1) is 14.8. The molecule has 3 rings (SSSR count). The van der Waals surface area contributed by atoms with E-state index >= 15 is 0 Å². The Kier molecular flexibility index (Phi) is 5.04. The minimum atomic E-state index is 0.250. The minimum absolute atomic E-state index is 0.250. The highest BCUT2D eigenvalue weighted by Crippen LogP contribution is 2.39. The number of ether oxygens (including phenoxy) is 1. The maximum Gasteiger partial charge on any atom is 0.0697 e. The Morgan fingerprint density at radius 1 is 0.950 bits per heavy atom. The van der Waals surface area contributed by atoms with Crippen LogP contribution in [0.15, 0.2) is 0 Å². The third kappa shape index (κ3) is 3.57. The largest absolute Gasteiger partial charge is 0.375 e. The molecule has 2 aliphatic carbocycles. The molecule has 2 heteroatoms. The van der Waals surface area contributed by atoms with Gasteiger partial charge < -0.3 is 10.1 Å². The fourth-order valence-corrected chi connectivity index (χ4v) is 4.86. The monoisotopic (exact) mass is 279 g/mol. The van der Waals surface area contributed by atoms with Crippen molar-refractivity contribution >= 4 is 0 Å². The van der Waals surface area contributed by atoms with Crippen LogP contribution in [0.4, 0.5) is 0 Å². The predicted octanol–water partition coefficient (Wildman–Crippen LogP) is 4.43. The molecule has 0 aromatic rings. The number of hydrogen-bond donors (Lipinski definition) is 1. The van der Waals surface area contributed by atoms with Gasteiger partial charge in [0.25, 0.3) is 0 Å².